The fourth-order valence-corrected chi connectivity index (χ4v) is 4.05. The minimum Gasteiger partial charge on any atom is -0.444 e. The van der Waals surface area contributed by atoms with Gasteiger partial charge in [-0.3, -0.25) is 4.90 Å². The third-order valence-corrected chi connectivity index (χ3v) is 5.85. The molecule has 0 aliphatic carbocycles. The monoisotopic (exact) mass is 521 g/mol. The van der Waals surface area contributed by atoms with E-state index in [2.05, 4.69) is 0 Å². The van der Waals surface area contributed by atoms with E-state index in [4.69, 9.17) is 14.2 Å². The van der Waals surface area contributed by atoms with Crippen LogP contribution in [0.25, 0.3) is 0 Å². The summed E-state index contributed by atoms with van der Waals surface area (Å²) in [7, 11) is 0. The van der Waals surface area contributed by atoms with Gasteiger partial charge in [-0.2, -0.15) is 0 Å². The van der Waals surface area contributed by atoms with Crippen molar-refractivity contribution in [2.45, 2.75) is 64.4 Å². The number of aliphatic hydroxyl groups is 2. The molecule has 0 spiro atoms. The summed E-state index contributed by atoms with van der Waals surface area (Å²) in [5.74, 6) is 0. The van der Waals surface area contributed by atoms with Gasteiger partial charge in [-0.25, -0.2) is 4.79 Å². The first-order valence-corrected chi connectivity index (χ1v) is 12.9. The van der Waals surface area contributed by atoms with Gasteiger partial charge in [0, 0.05) is 6.54 Å². The van der Waals surface area contributed by atoms with Crippen molar-refractivity contribution in [3.8, 4) is 0 Å². The Kier molecular flexibility index (Phi) is 11.3. The van der Waals surface area contributed by atoms with Crippen molar-refractivity contribution in [1.82, 2.24) is 4.90 Å². The van der Waals surface area contributed by atoms with E-state index in [1.807, 2.05) is 91.0 Å². The molecule has 7 nitrogen and oxygen atoms in total. The molecule has 0 aromatic heterocycles. The smallest absolute Gasteiger partial charge is 0.411 e. The number of benzene rings is 3. The molecular formula is C31H39NO6. The lowest BCUT2D eigenvalue weighted by atomic mass is 10.0. The van der Waals surface area contributed by atoms with Crippen molar-refractivity contribution >= 4 is 6.09 Å². The molecule has 2 N–H and O–H groups in total. The molecule has 1 amide bonds. The molecular weight excluding hydrogens is 482 g/mol. The van der Waals surface area contributed by atoms with Crippen molar-refractivity contribution in [3.63, 3.8) is 0 Å². The van der Waals surface area contributed by atoms with Gasteiger partial charge in [-0.05, 0) is 37.5 Å². The Morgan fingerprint density at radius 3 is 1.82 bits per heavy atom. The third-order valence-electron chi connectivity index (χ3n) is 5.85. The van der Waals surface area contributed by atoms with Gasteiger partial charge in [0.05, 0.1) is 32.5 Å². The second kappa shape index (κ2) is 14.6. The number of amides is 1. The highest BCUT2D eigenvalue weighted by Gasteiger charge is 2.39. The summed E-state index contributed by atoms with van der Waals surface area (Å²) in [6.07, 6.45) is -2.68. The molecule has 0 aliphatic heterocycles. The van der Waals surface area contributed by atoms with Crippen LogP contribution in [0, 0.1) is 0 Å². The van der Waals surface area contributed by atoms with E-state index in [0.29, 0.717) is 6.61 Å². The molecule has 0 fully saturated rings. The van der Waals surface area contributed by atoms with Crippen LogP contribution in [0.1, 0.15) is 37.5 Å². The fourth-order valence-electron chi connectivity index (χ4n) is 4.05. The number of hydrogen-bond acceptors (Lipinski definition) is 6. The van der Waals surface area contributed by atoms with Crippen molar-refractivity contribution in [2.24, 2.45) is 0 Å². The molecule has 3 aromatic rings. The van der Waals surface area contributed by atoms with Gasteiger partial charge in [-0.1, -0.05) is 91.0 Å². The fraction of sp³-hybridized carbons (Fsp3) is 0.387. The van der Waals surface area contributed by atoms with E-state index < -0.39 is 36.6 Å². The average molecular weight is 522 g/mol. The highest BCUT2D eigenvalue weighted by molar-refractivity contribution is 5.69. The molecule has 0 radical (unpaired) electrons. The summed E-state index contributed by atoms with van der Waals surface area (Å²) in [6.45, 7) is 5.60. The van der Waals surface area contributed by atoms with Crippen LogP contribution in [0.5, 0.6) is 0 Å². The van der Waals surface area contributed by atoms with E-state index in [1.54, 1.807) is 20.8 Å². The number of ether oxygens (including phenoxy) is 3. The number of carbonyl (C=O) groups is 1. The number of hydrogen-bond donors (Lipinski definition) is 2. The summed E-state index contributed by atoms with van der Waals surface area (Å²) < 4.78 is 18.1. The van der Waals surface area contributed by atoms with E-state index >= 15 is 0 Å². The highest BCUT2D eigenvalue weighted by atomic mass is 16.6. The molecule has 204 valence electrons. The van der Waals surface area contributed by atoms with E-state index in [1.165, 1.54) is 4.90 Å². The van der Waals surface area contributed by atoms with Crippen molar-refractivity contribution in [3.05, 3.63) is 108 Å². The Morgan fingerprint density at radius 1 is 0.816 bits per heavy atom. The molecule has 0 heterocycles. The van der Waals surface area contributed by atoms with Gasteiger partial charge in [0.15, 0.2) is 0 Å². The zero-order chi connectivity index (χ0) is 27.4. The Hall–Kier alpha value is -3.23. The predicted octanol–water partition coefficient (Wildman–Crippen LogP) is 4.95. The van der Waals surface area contributed by atoms with Gasteiger partial charge in [0.1, 0.15) is 17.8 Å². The molecule has 38 heavy (non-hydrogen) atoms. The normalized spacial score (nSPS) is 13.9. The zero-order valence-electron chi connectivity index (χ0n) is 22.4. The van der Waals surface area contributed by atoms with E-state index in [-0.39, 0.29) is 19.8 Å². The molecule has 3 rings (SSSR count). The molecule has 1 unspecified atom stereocenters. The average Bonchev–Trinajstić information content (AvgIpc) is 2.91. The van der Waals surface area contributed by atoms with Crippen LogP contribution in [0.3, 0.4) is 0 Å². The Morgan fingerprint density at radius 2 is 1.32 bits per heavy atom. The molecule has 7 heteroatoms. The summed E-state index contributed by atoms with van der Waals surface area (Å²) in [4.78, 5) is 14.9. The summed E-state index contributed by atoms with van der Waals surface area (Å²) in [5, 5.41) is 21.1. The van der Waals surface area contributed by atoms with Crippen LogP contribution in [0.2, 0.25) is 0 Å². The van der Waals surface area contributed by atoms with Crippen LogP contribution < -0.4 is 0 Å². The largest absolute Gasteiger partial charge is 0.444 e. The number of aliphatic hydroxyl groups excluding tert-OH is 2. The minimum absolute atomic E-state index is 0.0809. The quantitative estimate of drug-likeness (QED) is 0.331. The maximum absolute atomic E-state index is 13.5. The van der Waals surface area contributed by atoms with Gasteiger partial charge < -0.3 is 24.4 Å². The molecule has 0 aliphatic rings. The minimum atomic E-state index is -1.30. The maximum atomic E-state index is 13.5. The van der Waals surface area contributed by atoms with Gasteiger partial charge in [0.2, 0.25) is 0 Å². The Balaban J connectivity index is 1.92. The first kappa shape index (κ1) is 29.3. The molecule has 0 saturated heterocycles. The van der Waals surface area contributed by atoms with Crippen LogP contribution >= 0.6 is 0 Å². The summed E-state index contributed by atoms with van der Waals surface area (Å²) in [6, 6.07) is 27.9. The number of rotatable bonds is 13. The summed E-state index contributed by atoms with van der Waals surface area (Å²) >= 11 is 0. The van der Waals surface area contributed by atoms with E-state index in [0.717, 1.165) is 16.7 Å². The van der Waals surface area contributed by atoms with Gasteiger partial charge in [0.25, 0.3) is 0 Å². The van der Waals surface area contributed by atoms with Crippen LogP contribution in [0.15, 0.2) is 91.0 Å². The Labute approximate surface area is 225 Å². The first-order valence-electron chi connectivity index (χ1n) is 12.9. The lowest BCUT2D eigenvalue weighted by molar-refractivity contribution is -0.112. The topological polar surface area (TPSA) is 88.5 Å². The Bertz CT molecular complexity index is 1070. The predicted molar refractivity (Wildman–Crippen MR) is 146 cm³/mol. The van der Waals surface area contributed by atoms with Crippen molar-refractivity contribution in [1.29, 1.82) is 0 Å². The van der Waals surface area contributed by atoms with Crippen LogP contribution in [0.4, 0.5) is 4.79 Å². The first-order chi connectivity index (χ1) is 18.3. The van der Waals surface area contributed by atoms with Gasteiger partial charge in [-0.15, -0.1) is 0 Å². The lowest BCUT2D eigenvalue weighted by Crippen LogP contribution is -2.57. The zero-order valence-corrected chi connectivity index (χ0v) is 22.4. The van der Waals surface area contributed by atoms with Gasteiger partial charge >= 0.3 is 6.09 Å². The second-order valence-electron chi connectivity index (χ2n) is 10.2. The van der Waals surface area contributed by atoms with Crippen molar-refractivity contribution < 1.29 is 29.2 Å². The number of carbonyl (C=O) groups excluding carboxylic acids is 1. The molecule has 3 atom stereocenters. The molecule has 0 bridgehead atoms. The standard InChI is InChI=1S/C31H39NO6/c1-31(2,3)38-30(35)32(19-24-13-7-4-8-14-24)29(27(34)20-33)28(37-22-26-17-11-6-12-18-26)23-36-21-25-15-9-5-10-16-25/h4-18,27-29,33-34H,19-23H2,1-3H3/t27?,28-,29-/m1/s1. The highest BCUT2D eigenvalue weighted by Crippen LogP contribution is 2.22. The molecule has 0 saturated carbocycles. The van der Waals surface area contributed by atoms with Crippen LogP contribution in [-0.4, -0.2) is 58.3 Å². The second-order valence-corrected chi connectivity index (χ2v) is 10.2. The maximum Gasteiger partial charge on any atom is 0.411 e. The lowest BCUT2D eigenvalue weighted by Gasteiger charge is -2.39. The SMILES string of the molecule is CC(C)(C)OC(=O)N(Cc1ccccc1)[C@H](C(O)CO)[C@@H](COCc1ccccc1)OCc1ccccc1. The van der Waals surface area contributed by atoms with Crippen LogP contribution in [-0.2, 0) is 34.0 Å². The van der Waals surface area contributed by atoms with E-state index in [9.17, 15) is 15.0 Å². The van der Waals surface area contributed by atoms with Crippen molar-refractivity contribution in [2.75, 3.05) is 13.2 Å². The molecule has 3 aromatic carbocycles. The third kappa shape index (κ3) is 9.58. The number of nitrogens with zero attached hydrogens (tertiary/aromatic N) is 1. The summed E-state index contributed by atoms with van der Waals surface area (Å²) in [5.41, 5.74) is 2.01.